The lowest BCUT2D eigenvalue weighted by molar-refractivity contribution is -0.134. The maximum absolute atomic E-state index is 12.8. The van der Waals surface area contributed by atoms with Crippen LogP contribution in [0, 0.1) is 0 Å². The highest BCUT2D eigenvalue weighted by Crippen LogP contribution is 2.34. The van der Waals surface area contributed by atoms with Gasteiger partial charge in [-0.2, -0.15) is 0 Å². The Morgan fingerprint density at radius 2 is 1.58 bits per heavy atom. The van der Waals surface area contributed by atoms with Crippen LogP contribution in [-0.4, -0.2) is 42.3 Å². The molecule has 2 aromatic carbocycles. The van der Waals surface area contributed by atoms with E-state index in [-0.39, 0.29) is 17.3 Å². The van der Waals surface area contributed by atoms with Crippen LogP contribution in [0.2, 0.25) is 0 Å². The number of nitrogens with zero attached hydrogens (tertiary/aromatic N) is 1. The molecule has 0 amide bonds. The Hall–Kier alpha value is -2.73. The number of carbonyl (C=O) groups excluding carboxylic acids is 3. The number of esters is 2. The standard InChI is InChI=1S/C20H21NO5/c1-13(22)25-19-10-15-6-5-7-16(17(15)11-20(19)26-14(2)23)18(24)12-21-8-3-4-9-21/h5-7,10-11H,3-4,8-9,12H2,1-2H3. The number of rotatable bonds is 5. The second kappa shape index (κ2) is 7.66. The number of hydrogen-bond acceptors (Lipinski definition) is 6. The van der Waals surface area contributed by atoms with Crippen LogP contribution in [0.4, 0.5) is 0 Å². The molecule has 136 valence electrons. The van der Waals surface area contributed by atoms with E-state index in [1.165, 1.54) is 13.8 Å². The molecular weight excluding hydrogens is 334 g/mol. The summed E-state index contributed by atoms with van der Waals surface area (Å²) in [5, 5.41) is 1.41. The normalized spacial score (nSPS) is 14.4. The average Bonchev–Trinajstić information content (AvgIpc) is 3.06. The van der Waals surface area contributed by atoms with E-state index in [2.05, 4.69) is 4.90 Å². The molecule has 0 atom stereocenters. The Labute approximate surface area is 151 Å². The number of likely N-dealkylation sites (tertiary alicyclic amines) is 1. The summed E-state index contributed by atoms with van der Waals surface area (Å²) in [5.41, 5.74) is 0.567. The van der Waals surface area contributed by atoms with E-state index in [9.17, 15) is 14.4 Å². The average molecular weight is 355 g/mol. The van der Waals surface area contributed by atoms with E-state index in [1.54, 1.807) is 24.3 Å². The number of ether oxygens (including phenoxy) is 2. The van der Waals surface area contributed by atoms with Crippen molar-refractivity contribution in [2.45, 2.75) is 26.7 Å². The molecule has 1 fully saturated rings. The molecule has 0 spiro atoms. The Morgan fingerprint density at radius 3 is 2.19 bits per heavy atom. The first-order valence-corrected chi connectivity index (χ1v) is 8.63. The van der Waals surface area contributed by atoms with Crippen molar-refractivity contribution in [1.82, 2.24) is 4.90 Å². The van der Waals surface area contributed by atoms with Crippen molar-refractivity contribution in [3.63, 3.8) is 0 Å². The van der Waals surface area contributed by atoms with E-state index >= 15 is 0 Å². The topological polar surface area (TPSA) is 72.9 Å². The first-order valence-electron chi connectivity index (χ1n) is 8.63. The third kappa shape index (κ3) is 4.08. The van der Waals surface area contributed by atoms with Crippen LogP contribution in [0.1, 0.15) is 37.0 Å². The highest BCUT2D eigenvalue weighted by Gasteiger charge is 2.20. The Kier molecular flexibility index (Phi) is 5.32. The molecule has 2 aromatic rings. The molecule has 0 saturated carbocycles. The molecule has 1 saturated heterocycles. The first kappa shape index (κ1) is 18.1. The van der Waals surface area contributed by atoms with E-state index in [4.69, 9.17) is 9.47 Å². The molecule has 0 bridgehead atoms. The number of hydrogen-bond donors (Lipinski definition) is 0. The minimum Gasteiger partial charge on any atom is -0.423 e. The van der Waals surface area contributed by atoms with Crippen molar-refractivity contribution in [1.29, 1.82) is 0 Å². The van der Waals surface area contributed by atoms with Crippen LogP contribution in [0.5, 0.6) is 11.5 Å². The largest absolute Gasteiger partial charge is 0.423 e. The molecule has 1 aliphatic heterocycles. The quantitative estimate of drug-likeness (QED) is 0.466. The fourth-order valence-corrected chi connectivity index (χ4v) is 3.23. The van der Waals surface area contributed by atoms with Gasteiger partial charge in [0, 0.05) is 19.4 Å². The summed E-state index contributed by atoms with van der Waals surface area (Å²) >= 11 is 0. The van der Waals surface area contributed by atoms with Gasteiger partial charge in [-0.15, -0.1) is 0 Å². The van der Waals surface area contributed by atoms with E-state index < -0.39 is 11.9 Å². The van der Waals surface area contributed by atoms with E-state index in [0.29, 0.717) is 17.5 Å². The molecule has 6 nitrogen and oxygen atoms in total. The monoisotopic (exact) mass is 355 g/mol. The summed E-state index contributed by atoms with van der Waals surface area (Å²) in [5.74, 6) is -0.741. The van der Waals surface area contributed by atoms with Crippen molar-refractivity contribution in [2.24, 2.45) is 0 Å². The van der Waals surface area contributed by atoms with Crippen molar-refractivity contribution in [3.05, 3.63) is 35.9 Å². The van der Waals surface area contributed by atoms with Crippen LogP contribution in [-0.2, 0) is 9.59 Å². The molecule has 0 radical (unpaired) electrons. The minimum atomic E-state index is -0.529. The lowest BCUT2D eigenvalue weighted by Gasteiger charge is -2.15. The van der Waals surface area contributed by atoms with Crippen molar-refractivity contribution in [3.8, 4) is 11.5 Å². The molecule has 26 heavy (non-hydrogen) atoms. The highest BCUT2D eigenvalue weighted by molar-refractivity contribution is 6.09. The number of ketones is 1. The van der Waals surface area contributed by atoms with Crippen molar-refractivity contribution in [2.75, 3.05) is 19.6 Å². The van der Waals surface area contributed by atoms with Gasteiger partial charge in [0.05, 0.1) is 6.54 Å². The minimum absolute atomic E-state index is 0.0199. The van der Waals surface area contributed by atoms with Crippen LogP contribution in [0.25, 0.3) is 10.8 Å². The lowest BCUT2D eigenvalue weighted by Crippen LogP contribution is -2.26. The Morgan fingerprint density at radius 1 is 0.962 bits per heavy atom. The molecule has 1 heterocycles. The molecule has 0 aliphatic carbocycles. The van der Waals surface area contributed by atoms with E-state index in [0.717, 1.165) is 31.3 Å². The third-order valence-electron chi connectivity index (χ3n) is 4.32. The van der Waals surface area contributed by atoms with Gasteiger partial charge in [-0.1, -0.05) is 18.2 Å². The predicted octanol–water partition coefficient (Wildman–Crippen LogP) is 2.97. The molecular formula is C20H21NO5. The zero-order valence-electron chi connectivity index (χ0n) is 14.9. The fraction of sp³-hybridized carbons (Fsp3) is 0.350. The van der Waals surface area contributed by atoms with Gasteiger partial charge in [-0.25, -0.2) is 0 Å². The maximum Gasteiger partial charge on any atom is 0.308 e. The zero-order valence-corrected chi connectivity index (χ0v) is 14.9. The van der Waals surface area contributed by atoms with Crippen molar-refractivity contribution >= 4 is 28.5 Å². The summed E-state index contributed by atoms with van der Waals surface area (Å²) in [6, 6.07) is 8.59. The van der Waals surface area contributed by atoms with Gasteiger partial charge < -0.3 is 9.47 Å². The number of benzene rings is 2. The van der Waals surface area contributed by atoms with Gasteiger partial charge in [0.2, 0.25) is 0 Å². The number of Topliss-reactive ketones (excluding diaryl/α,β-unsaturated/α-hetero) is 1. The van der Waals surface area contributed by atoms with Crippen LogP contribution in [0.15, 0.2) is 30.3 Å². The number of carbonyl (C=O) groups is 3. The third-order valence-corrected chi connectivity index (χ3v) is 4.32. The van der Waals surface area contributed by atoms with Gasteiger partial charge in [0.25, 0.3) is 0 Å². The molecule has 3 rings (SSSR count). The fourth-order valence-electron chi connectivity index (χ4n) is 3.23. The number of fused-ring (bicyclic) bond motifs is 1. The van der Waals surface area contributed by atoms with Crippen LogP contribution in [0.3, 0.4) is 0 Å². The molecule has 0 unspecified atom stereocenters. The van der Waals surface area contributed by atoms with Crippen LogP contribution < -0.4 is 9.47 Å². The van der Waals surface area contributed by atoms with Gasteiger partial charge in [0.1, 0.15) is 0 Å². The summed E-state index contributed by atoms with van der Waals surface area (Å²) in [7, 11) is 0. The predicted molar refractivity (Wildman–Crippen MR) is 96.6 cm³/mol. The molecule has 0 N–H and O–H groups in total. The Balaban J connectivity index is 2.02. The SMILES string of the molecule is CC(=O)Oc1cc2cccc(C(=O)CN3CCCC3)c2cc1OC(C)=O. The highest BCUT2D eigenvalue weighted by atomic mass is 16.6. The van der Waals surface area contributed by atoms with E-state index in [1.807, 2.05) is 6.07 Å². The van der Waals surface area contributed by atoms with Gasteiger partial charge in [-0.3, -0.25) is 19.3 Å². The van der Waals surface area contributed by atoms with Gasteiger partial charge in [0.15, 0.2) is 17.3 Å². The van der Waals surface area contributed by atoms with Crippen molar-refractivity contribution < 1.29 is 23.9 Å². The summed E-state index contributed by atoms with van der Waals surface area (Å²) < 4.78 is 10.3. The smallest absolute Gasteiger partial charge is 0.308 e. The second-order valence-electron chi connectivity index (χ2n) is 6.42. The second-order valence-corrected chi connectivity index (χ2v) is 6.42. The van der Waals surface area contributed by atoms with Crippen LogP contribution >= 0.6 is 0 Å². The summed E-state index contributed by atoms with van der Waals surface area (Å²) in [4.78, 5) is 37.6. The van der Waals surface area contributed by atoms with Gasteiger partial charge in [-0.05, 0) is 48.8 Å². The molecule has 6 heteroatoms. The Bertz CT molecular complexity index is 868. The maximum atomic E-state index is 12.8. The summed E-state index contributed by atoms with van der Waals surface area (Å²) in [6.07, 6.45) is 2.23. The zero-order chi connectivity index (χ0) is 18.7. The summed E-state index contributed by atoms with van der Waals surface area (Å²) in [6.45, 7) is 4.79. The molecule has 1 aliphatic rings. The molecule has 0 aromatic heterocycles. The lowest BCUT2D eigenvalue weighted by atomic mass is 10.0. The first-order chi connectivity index (χ1) is 12.4. The van der Waals surface area contributed by atoms with Gasteiger partial charge >= 0.3 is 11.9 Å².